The van der Waals surface area contributed by atoms with Crippen LogP contribution < -0.4 is 5.32 Å². The van der Waals surface area contributed by atoms with Crippen LogP contribution in [0.3, 0.4) is 0 Å². The van der Waals surface area contributed by atoms with Crippen LogP contribution in [0.2, 0.25) is 0 Å². The van der Waals surface area contributed by atoms with Gasteiger partial charge in [0.05, 0.1) is 19.3 Å². The van der Waals surface area contributed by atoms with Gasteiger partial charge in [-0.15, -0.1) is 21.5 Å². The number of rotatable bonds is 11. The van der Waals surface area contributed by atoms with Crippen LogP contribution in [0, 0.1) is 6.92 Å². The Bertz CT molecular complexity index is 1180. The summed E-state index contributed by atoms with van der Waals surface area (Å²) in [4.78, 5) is 33.3. The van der Waals surface area contributed by atoms with E-state index in [1.165, 1.54) is 16.1 Å². The number of hydrogen-bond donors (Lipinski definition) is 1. The SMILES string of the molecule is Cc1ccc(-c2nnn(CC(=O)N(CCN3CCOCC3)[C@H](C(=O)NC[C@H]3CCCO3)c3cccs3)n2)o1. The average Bonchev–Trinajstić information content (AvgIpc) is 3.74. The minimum Gasteiger partial charge on any atom is -0.458 e. The van der Waals surface area contributed by atoms with Crippen LogP contribution in [-0.2, 0) is 25.6 Å². The first kappa shape index (κ1) is 26.5. The largest absolute Gasteiger partial charge is 0.458 e. The zero-order valence-corrected chi connectivity index (χ0v) is 22.3. The summed E-state index contributed by atoms with van der Waals surface area (Å²) >= 11 is 1.45. The molecule has 2 aliphatic heterocycles. The number of carbonyl (C=O) groups is 2. The van der Waals surface area contributed by atoms with E-state index in [1.54, 1.807) is 11.0 Å². The number of thiophene rings is 1. The van der Waals surface area contributed by atoms with E-state index in [0.717, 1.165) is 36.6 Å². The first-order valence-electron chi connectivity index (χ1n) is 12.9. The third kappa shape index (κ3) is 6.65. The predicted molar refractivity (Wildman–Crippen MR) is 138 cm³/mol. The molecule has 2 atom stereocenters. The number of carbonyl (C=O) groups excluding carboxylic acids is 2. The van der Waals surface area contributed by atoms with E-state index >= 15 is 0 Å². The normalized spacial score (nSPS) is 18.9. The molecule has 2 aliphatic rings. The standard InChI is InChI=1S/C25H33N7O5S/c1-18-6-7-20(37-18)24-27-29-32(28-24)17-22(33)31(9-8-30-10-13-35-14-11-30)23(21-5-3-15-38-21)25(34)26-16-19-4-2-12-36-19/h3,5-7,15,19,23H,2,4,8-14,16-17H2,1H3,(H,26,34)/t19-,23+/m1/s1. The van der Waals surface area contributed by atoms with Crippen LogP contribution >= 0.6 is 11.3 Å². The fourth-order valence-electron chi connectivity index (χ4n) is 4.63. The Morgan fingerprint density at radius 2 is 2.11 bits per heavy atom. The number of tetrazole rings is 1. The van der Waals surface area contributed by atoms with Crippen molar-refractivity contribution in [1.29, 1.82) is 0 Å². The number of aromatic nitrogens is 4. The maximum absolute atomic E-state index is 13.8. The van der Waals surface area contributed by atoms with Gasteiger partial charge in [0.2, 0.25) is 17.6 Å². The van der Waals surface area contributed by atoms with E-state index < -0.39 is 6.04 Å². The predicted octanol–water partition coefficient (Wildman–Crippen LogP) is 1.50. The van der Waals surface area contributed by atoms with E-state index in [-0.39, 0.29) is 24.5 Å². The van der Waals surface area contributed by atoms with Gasteiger partial charge in [-0.2, -0.15) is 4.80 Å². The fraction of sp³-hybridized carbons (Fsp3) is 0.560. The Hall–Kier alpha value is -3.13. The number of nitrogens with zero attached hydrogens (tertiary/aromatic N) is 6. The number of aryl methyl sites for hydroxylation is 1. The number of amides is 2. The molecule has 13 heteroatoms. The van der Waals surface area contributed by atoms with Gasteiger partial charge in [0.1, 0.15) is 18.3 Å². The summed E-state index contributed by atoms with van der Waals surface area (Å²) in [7, 11) is 0. The van der Waals surface area contributed by atoms with Crippen LogP contribution in [-0.4, -0.2) is 100 Å². The molecule has 12 nitrogen and oxygen atoms in total. The Morgan fingerprint density at radius 3 is 2.82 bits per heavy atom. The highest BCUT2D eigenvalue weighted by Crippen LogP contribution is 2.27. The van der Waals surface area contributed by atoms with Crippen molar-refractivity contribution in [1.82, 2.24) is 35.3 Å². The lowest BCUT2D eigenvalue weighted by Gasteiger charge is -2.34. The molecule has 0 aliphatic carbocycles. The van der Waals surface area contributed by atoms with Gasteiger partial charge in [-0.3, -0.25) is 14.5 Å². The molecule has 0 spiro atoms. The van der Waals surface area contributed by atoms with Crippen LogP contribution in [0.25, 0.3) is 11.6 Å². The topological polar surface area (TPSA) is 128 Å². The van der Waals surface area contributed by atoms with E-state index in [0.29, 0.717) is 51.0 Å². The van der Waals surface area contributed by atoms with Gasteiger partial charge in [-0.25, -0.2) is 0 Å². The van der Waals surface area contributed by atoms with Crippen molar-refractivity contribution in [2.45, 2.75) is 38.5 Å². The molecule has 0 aromatic carbocycles. The lowest BCUT2D eigenvalue weighted by atomic mass is 10.1. The first-order valence-corrected chi connectivity index (χ1v) is 13.8. The number of nitrogens with one attached hydrogen (secondary N) is 1. The Kier molecular flexibility index (Phi) is 8.79. The minimum atomic E-state index is -0.777. The number of hydrogen-bond acceptors (Lipinski definition) is 10. The van der Waals surface area contributed by atoms with Crippen molar-refractivity contribution in [2.75, 3.05) is 52.5 Å². The fourth-order valence-corrected chi connectivity index (χ4v) is 5.47. The molecule has 0 bridgehead atoms. The molecule has 2 saturated heterocycles. The Balaban J connectivity index is 1.34. The molecular weight excluding hydrogens is 510 g/mol. The van der Waals surface area contributed by atoms with E-state index in [9.17, 15) is 9.59 Å². The van der Waals surface area contributed by atoms with E-state index in [2.05, 4.69) is 25.6 Å². The molecule has 3 aromatic rings. The van der Waals surface area contributed by atoms with Gasteiger partial charge in [0, 0.05) is 44.2 Å². The summed E-state index contributed by atoms with van der Waals surface area (Å²) in [5.41, 5.74) is 0. The van der Waals surface area contributed by atoms with Crippen molar-refractivity contribution in [3.05, 3.63) is 40.3 Å². The monoisotopic (exact) mass is 543 g/mol. The highest BCUT2D eigenvalue weighted by molar-refractivity contribution is 7.10. The summed E-state index contributed by atoms with van der Waals surface area (Å²) < 4.78 is 16.7. The van der Waals surface area contributed by atoms with Gasteiger partial charge >= 0.3 is 0 Å². The second kappa shape index (κ2) is 12.6. The van der Waals surface area contributed by atoms with Crippen LogP contribution in [0.5, 0.6) is 0 Å². The second-order valence-electron chi connectivity index (χ2n) is 9.39. The Morgan fingerprint density at radius 1 is 1.24 bits per heavy atom. The molecule has 5 rings (SSSR count). The molecule has 1 N–H and O–H groups in total. The summed E-state index contributed by atoms with van der Waals surface area (Å²) in [6, 6.07) is 6.58. The highest BCUT2D eigenvalue weighted by atomic mass is 32.1. The highest BCUT2D eigenvalue weighted by Gasteiger charge is 2.33. The quantitative estimate of drug-likeness (QED) is 0.383. The van der Waals surface area contributed by atoms with Crippen molar-refractivity contribution >= 4 is 23.2 Å². The van der Waals surface area contributed by atoms with Crippen molar-refractivity contribution in [3.8, 4) is 11.6 Å². The maximum atomic E-state index is 13.8. The average molecular weight is 544 g/mol. The summed E-state index contributed by atoms with van der Waals surface area (Å²) in [6.45, 7) is 6.68. The number of ether oxygens (including phenoxy) is 2. The molecule has 5 heterocycles. The van der Waals surface area contributed by atoms with Gasteiger partial charge in [0.15, 0.2) is 5.76 Å². The second-order valence-corrected chi connectivity index (χ2v) is 10.4. The summed E-state index contributed by atoms with van der Waals surface area (Å²) in [5, 5.41) is 17.4. The van der Waals surface area contributed by atoms with Gasteiger partial charge in [-0.1, -0.05) is 6.07 Å². The third-order valence-corrected chi connectivity index (χ3v) is 7.60. The van der Waals surface area contributed by atoms with Crippen LogP contribution in [0.4, 0.5) is 0 Å². The Labute approximate surface area is 224 Å². The third-order valence-electron chi connectivity index (χ3n) is 6.67. The van der Waals surface area contributed by atoms with Crippen LogP contribution in [0.1, 0.15) is 29.5 Å². The van der Waals surface area contributed by atoms with Gasteiger partial charge < -0.3 is 24.1 Å². The van der Waals surface area contributed by atoms with Crippen molar-refractivity contribution in [2.24, 2.45) is 0 Å². The lowest BCUT2D eigenvalue weighted by molar-refractivity contribution is -0.142. The van der Waals surface area contributed by atoms with Gasteiger partial charge in [-0.05, 0) is 48.6 Å². The van der Waals surface area contributed by atoms with Crippen LogP contribution in [0.15, 0.2) is 34.1 Å². The number of furan rings is 1. The molecule has 38 heavy (non-hydrogen) atoms. The zero-order valence-electron chi connectivity index (χ0n) is 21.5. The number of morpholine rings is 1. The van der Waals surface area contributed by atoms with Crippen molar-refractivity contribution in [3.63, 3.8) is 0 Å². The molecule has 2 fully saturated rings. The lowest BCUT2D eigenvalue weighted by Crippen LogP contribution is -2.49. The molecule has 0 unspecified atom stereocenters. The minimum absolute atomic E-state index is 0.00319. The maximum Gasteiger partial charge on any atom is 0.248 e. The molecule has 204 valence electrons. The zero-order chi connectivity index (χ0) is 26.3. The first-order chi connectivity index (χ1) is 18.6. The smallest absolute Gasteiger partial charge is 0.248 e. The van der Waals surface area contributed by atoms with E-state index in [1.807, 2.05) is 30.5 Å². The summed E-state index contributed by atoms with van der Waals surface area (Å²) in [5.74, 6) is 1.01. The molecular formula is C25H33N7O5S. The van der Waals surface area contributed by atoms with Crippen molar-refractivity contribution < 1.29 is 23.5 Å². The van der Waals surface area contributed by atoms with Gasteiger partial charge in [0.25, 0.3) is 0 Å². The molecule has 0 saturated carbocycles. The molecule has 3 aromatic heterocycles. The summed E-state index contributed by atoms with van der Waals surface area (Å²) in [6.07, 6.45) is 1.91. The molecule has 0 radical (unpaired) electrons. The molecule has 2 amide bonds. The van der Waals surface area contributed by atoms with E-state index in [4.69, 9.17) is 13.9 Å².